The second kappa shape index (κ2) is 47.4. The summed E-state index contributed by atoms with van der Waals surface area (Å²) in [5, 5.41) is 40.3. The van der Waals surface area contributed by atoms with Crippen molar-refractivity contribution in [2.45, 2.75) is 243 Å². The minimum absolute atomic E-state index is 0.121. The van der Waals surface area contributed by atoms with E-state index in [0.29, 0.717) is 13.0 Å². The predicted octanol–water partition coefficient (Wildman–Crippen LogP) is 13.4. The minimum Gasteiger partial charge on any atom is -0.457 e. The molecule has 1 heterocycles. The zero-order chi connectivity index (χ0) is 47.8. The van der Waals surface area contributed by atoms with E-state index in [9.17, 15) is 25.2 Å². The van der Waals surface area contributed by atoms with Crippen molar-refractivity contribution in [2.24, 2.45) is 0 Å². The highest BCUT2D eigenvalue weighted by Crippen LogP contribution is 2.23. The third-order valence-corrected chi connectivity index (χ3v) is 11.8. The number of rotatable bonds is 45. The molecule has 66 heavy (non-hydrogen) atoms. The Kier molecular flexibility index (Phi) is 44.1. The van der Waals surface area contributed by atoms with Crippen LogP contribution in [0, 0.1) is 0 Å². The zero-order valence-corrected chi connectivity index (χ0v) is 41.9. The van der Waals surface area contributed by atoms with E-state index in [1.54, 1.807) is 0 Å². The van der Waals surface area contributed by atoms with Crippen molar-refractivity contribution in [3.05, 3.63) is 85.1 Å². The van der Waals surface area contributed by atoms with Crippen LogP contribution >= 0.6 is 0 Å². The number of hydrogen-bond donors (Lipinski definition) is 4. The molecule has 1 fully saturated rings. The number of esters is 1. The highest BCUT2D eigenvalue weighted by Gasteiger charge is 2.44. The molecule has 0 bridgehead atoms. The van der Waals surface area contributed by atoms with Crippen LogP contribution < -0.4 is 0 Å². The topological polar surface area (TPSA) is 135 Å². The van der Waals surface area contributed by atoms with E-state index in [1.807, 2.05) is 0 Å². The Morgan fingerprint density at radius 3 is 1.32 bits per heavy atom. The van der Waals surface area contributed by atoms with Crippen molar-refractivity contribution in [1.82, 2.24) is 0 Å². The Balaban J connectivity index is 2.17. The summed E-state index contributed by atoms with van der Waals surface area (Å²) in [6.45, 7) is 4.33. The van der Waals surface area contributed by atoms with Crippen molar-refractivity contribution >= 4 is 5.97 Å². The number of ether oxygens (including phenoxy) is 4. The number of aliphatic hydroxyl groups is 4. The van der Waals surface area contributed by atoms with Gasteiger partial charge in [0.1, 0.15) is 30.5 Å². The molecule has 0 saturated carbocycles. The van der Waals surface area contributed by atoms with Gasteiger partial charge in [-0.25, -0.2) is 0 Å². The first kappa shape index (κ1) is 61.4. The first-order chi connectivity index (χ1) is 32.4. The molecule has 6 unspecified atom stereocenters. The van der Waals surface area contributed by atoms with Gasteiger partial charge in [-0.05, 0) is 83.5 Å². The molecule has 0 aliphatic carbocycles. The van der Waals surface area contributed by atoms with Crippen molar-refractivity contribution in [2.75, 3.05) is 26.4 Å². The number of carbonyl (C=O) groups excluding carboxylic acids is 1. The molecule has 380 valence electrons. The molecule has 9 nitrogen and oxygen atoms in total. The van der Waals surface area contributed by atoms with E-state index < -0.39 is 43.4 Å². The fourth-order valence-electron chi connectivity index (χ4n) is 7.73. The monoisotopic (exact) mass is 927 g/mol. The van der Waals surface area contributed by atoms with Gasteiger partial charge < -0.3 is 39.4 Å². The highest BCUT2D eigenvalue weighted by molar-refractivity contribution is 5.69. The lowest BCUT2D eigenvalue weighted by atomic mass is 9.99. The lowest BCUT2D eigenvalue weighted by Gasteiger charge is -2.39. The maximum absolute atomic E-state index is 12.8. The van der Waals surface area contributed by atoms with E-state index in [2.05, 4.69) is 98.9 Å². The molecule has 0 aromatic carbocycles. The predicted molar refractivity (Wildman–Crippen MR) is 274 cm³/mol. The molecule has 0 spiro atoms. The zero-order valence-electron chi connectivity index (χ0n) is 41.9. The molecular formula is C57H98O9. The van der Waals surface area contributed by atoms with Crippen LogP contribution in [0.15, 0.2) is 85.1 Å². The fraction of sp³-hybridized carbons (Fsp3) is 0.737. The van der Waals surface area contributed by atoms with Crippen LogP contribution in [0.1, 0.15) is 206 Å². The Morgan fingerprint density at radius 2 is 0.879 bits per heavy atom. The van der Waals surface area contributed by atoms with E-state index in [4.69, 9.17) is 18.9 Å². The van der Waals surface area contributed by atoms with Crippen LogP contribution in [-0.4, -0.2) is 89.6 Å². The molecule has 0 aromatic heterocycles. The molecule has 1 saturated heterocycles. The summed E-state index contributed by atoms with van der Waals surface area (Å²) in [5.74, 6) is -0.325. The smallest absolute Gasteiger partial charge is 0.306 e. The molecular weight excluding hydrogens is 829 g/mol. The van der Waals surface area contributed by atoms with Crippen molar-refractivity contribution < 1.29 is 44.2 Å². The summed E-state index contributed by atoms with van der Waals surface area (Å²) >= 11 is 0. The molecule has 1 rings (SSSR count). The van der Waals surface area contributed by atoms with Gasteiger partial charge in [0.2, 0.25) is 0 Å². The standard InChI is InChI=1S/C57H98O9/c1-3-5-7-9-11-13-15-17-19-21-22-23-24-25-26-27-28-29-31-33-35-37-39-41-43-45-47-63-49-51(50-64-57-56(62)55(61)54(60)52(48-58)66-57)65-53(59)46-44-42-40-38-36-34-32-30-20-18-16-14-12-10-8-6-4-2/h5-8,11-14,17-20,22-23,51-52,54-58,60-62H,3-4,9-10,15-16,21,24-50H2,1-2H3/b7-5-,8-6-,13-11-,14-12-,19-17-,20-18-,23-22-. The first-order valence-corrected chi connectivity index (χ1v) is 26.7. The van der Waals surface area contributed by atoms with Crippen molar-refractivity contribution in [1.29, 1.82) is 0 Å². The van der Waals surface area contributed by atoms with Crippen LogP contribution in [-0.2, 0) is 23.7 Å². The van der Waals surface area contributed by atoms with Crippen LogP contribution in [0.5, 0.6) is 0 Å². The van der Waals surface area contributed by atoms with Gasteiger partial charge in [0, 0.05) is 13.0 Å². The van der Waals surface area contributed by atoms with Crippen molar-refractivity contribution in [3.63, 3.8) is 0 Å². The average Bonchev–Trinajstić information content (AvgIpc) is 3.32. The van der Waals surface area contributed by atoms with Gasteiger partial charge in [-0.3, -0.25) is 4.79 Å². The summed E-state index contributed by atoms with van der Waals surface area (Å²) in [6, 6.07) is 0. The van der Waals surface area contributed by atoms with Gasteiger partial charge in [0.25, 0.3) is 0 Å². The lowest BCUT2D eigenvalue weighted by molar-refractivity contribution is -0.305. The number of unbranched alkanes of at least 4 members (excludes halogenated alkanes) is 20. The summed E-state index contributed by atoms with van der Waals surface area (Å²) < 4.78 is 22.9. The largest absolute Gasteiger partial charge is 0.457 e. The Hall–Kier alpha value is -2.63. The molecule has 0 amide bonds. The normalized spacial score (nSPS) is 20.0. The molecule has 1 aliphatic rings. The van der Waals surface area contributed by atoms with Crippen LogP contribution in [0.4, 0.5) is 0 Å². The van der Waals surface area contributed by atoms with Crippen LogP contribution in [0.2, 0.25) is 0 Å². The second-order valence-electron chi connectivity index (χ2n) is 17.9. The van der Waals surface area contributed by atoms with Gasteiger partial charge in [-0.2, -0.15) is 0 Å². The van der Waals surface area contributed by atoms with Crippen LogP contribution in [0.25, 0.3) is 0 Å². The summed E-state index contributed by atoms with van der Waals surface area (Å²) in [6.07, 6.45) is 57.6. The Morgan fingerprint density at radius 1 is 0.485 bits per heavy atom. The maximum Gasteiger partial charge on any atom is 0.306 e. The number of hydrogen-bond acceptors (Lipinski definition) is 9. The molecule has 1 aliphatic heterocycles. The summed E-state index contributed by atoms with van der Waals surface area (Å²) in [5.41, 5.74) is 0. The van der Waals surface area contributed by atoms with Crippen molar-refractivity contribution in [3.8, 4) is 0 Å². The molecule has 6 atom stereocenters. The Bertz CT molecular complexity index is 1280. The van der Waals surface area contributed by atoms with Crippen LogP contribution in [0.3, 0.4) is 0 Å². The highest BCUT2D eigenvalue weighted by atomic mass is 16.7. The van der Waals surface area contributed by atoms with E-state index in [1.165, 1.54) is 96.3 Å². The first-order valence-electron chi connectivity index (χ1n) is 26.7. The molecule has 4 N–H and O–H groups in total. The van der Waals surface area contributed by atoms with Gasteiger partial charge in [-0.1, -0.05) is 202 Å². The molecule has 0 aromatic rings. The second-order valence-corrected chi connectivity index (χ2v) is 17.9. The van der Waals surface area contributed by atoms with E-state index in [-0.39, 0.29) is 19.2 Å². The third-order valence-electron chi connectivity index (χ3n) is 11.8. The van der Waals surface area contributed by atoms with E-state index >= 15 is 0 Å². The SMILES string of the molecule is CC/C=C\C/C=C\C/C=C\C/C=C\CCCCCCCCCCCCCCCOCC(COC1OC(CO)C(O)C(O)C1O)OC(=O)CCCCCCCCC/C=C\C/C=C\C/C=C\CC. The maximum atomic E-state index is 12.8. The molecule has 9 heteroatoms. The average molecular weight is 927 g/mol. The summed E-state index contributed by atoms with van der Waals surface area (Å²) in [7, 11) is 0. The molecule has 0 radical (unpaired) electrons. The van der Waals surface area contributed by atoms with Gasteiger partial charge >= 0.3 is 5.97 Å². The van der Waals surface area contributed by atoms with Gasteiger partial charge in [0.05, 0.1) is 19.8 Å². The quantitative estimate of drug-likeness (QED) is 0.0267. The Labute approximate surface area is 403 Å². The lowest BCUT2D eigenvalue weighted by Crippen LogP contribution is -2.59. The van der Waals surface area contributed by atoms with Gasteiger partial charge in [-0.15, -0.1) is 0 Å². The minimum atomic E-state index is -1.54. The van der Waals surface area contributed by atoms with Gasteiger partial charge in [0.15, 0.2) is 6.29 Å². The third kappa shape index (κ3) is 37.4. The summed E-state index contributed by atoms with van der Waals surface area (Å²) in [4.78, 5) is 12.8. The number of allylic oxidation sites excluding steroid dienone is 14. The number of carbonyl (C=O) groups is 1. The van der Waals surface area contributed by atoms with E-state index in [0.717, 1.165) is 89.9 Å². The fourth-order valence-corrected chi connectivity index (χ4v) is 7.73. The number of aliphatic hydroxyl groups excluding tert-OH is 4.